The van der Waals surface area contributed by atoms with Gasteiger partial charge < -0.3 is 38.9 Å². The van der Waals surface area contributed by atoms with Crippen LogP contribution in [0.5, 0.6) is 23.0 Å². The zero-order chi connectivity index (χ0) is 30.7. The van der Waals surface area contributed by atoms with Crippen LogP contribution in [0.4, 0.5) is 19.0 Å². The third kappa shape index (κ3) is 6.61. The van der Waals surface area contributed by atoms with Gasteiger partial charge in [-0.15, -0.1) is 0 Å². The summed E-state index contributed by atoms with van der Waals surface area (Å²) in [7, 11) is 2.87. The third-order valence-electron chi connectivity index (χ3n) is 6.04. The normalized spacial score (nSPS) is 23.4. The lowest BCUT2D eigenvalue weighted by molar-refractivity contribution is -0.192. The van der Waals surface area contributed by atoms with Crippen LogP contribution in [-0.4, -0.2) is 64.8 Å². The molecule has 3 aromatic rings. The summed E-state index contributed by atoms with van der Waals surface area (Å²) >= 11 is 0.160. The summed E-state index contributed by atoms with van der Waals surface area (Å²) in [5.41, 5.74) is 0.922. The number of alkyl halides is 2. The minimum atomic E-state index is -4.59. The van der Waals surface area contributed by atoms with Gasteiger partial charge in [-0.2, -0.15) is 4.98 Å². The van der Waals surface area contributed by atoms with Gasteiger partial charge in [-0.3, -0.25) is 9.09 Å². The van der Waals surface area contributed by atoms with E-state index in [4.69, 9.17) is 33.2 Å². The van der Waals surface area contributed by atoms with E-state index in [-0.39, 0.29) is 23.2 Å². The molecule has 0 bridgehead atoms. The first kappa shape index (κ1) is 31.5. The number of methoxy groups -OCH3 is 2. The number of halogens is 3. The first-order chi connectivity index (χ1) is 19.9. The standard InChI is InChI=1S/C24H25F3N3O10PS/c1-35-13-3-7-15(8-4-13)39-41(34,42-40-16-9-5-14(36-2)6-10-16)37-12-24(22(26)27)19(32)18(31)21(38-24)30-11-17(25)20(28)29-23(30)33/h3-11,18-19,21-22,31-32H,12H2,1-2H3,(H2,28,29,33)/t18-,19+,21-,24-,41?/m1/s1. The van der Waals surface area contributed by atoms with E-state index in [0.29, 0.717) is 22.3 Å². The Balaban J connectivity index is 1.61. The molecule has 1 aliphatic rings. The smallest absolute Gasteiger partial charge is 0.478 e. The molecule has 4 N–H and O–H groups in total. The van der Waals surface area contributed by atoms with Gasteiger partial charge in [0, 0.05) is 0 Å². The van der Waals surface area contributed by atoms with Crippen LogP contribution in [0.15, 0.2) is 59.5 Å². The quantitative estimate of drug-likeness (QED) is 0.196. The van der Waals surface area contributed by atoms with Crippen LogP contribution in [0.2, 0.25) is 0 Å². The van der Waals surface area contributed by atoms with Crippen molar-refractivity contribution in [2.75, 3.05) is 26.6 Å². The van der Waals surface area contributed by atoms with Crippen molar-refractivity contribution in [3.8, 4) is 23.0 Å². The van der Waals surface area contributed by atoms with Crippen molar-refractivity contribution in [2.24, 2.45) is 0 Å². The van der Waals surface area contributed by atoms with Gasteiger partial charge >= 0.3 is 12.5 Å². The zero-order valence-corrected chi connectivity index (χ0v) is 23.5. The molecule has 42 heavy (non-hydrogen) atoms. The number of nitrogens with zero attached hydrogens (tertiary/aromatic N) is 2. The van der Waals surface area contributed by atoms with E-state index in [2.05, 4.69) is 4.98 Å². The Labute approximate surface area is 240 Å². The number of aliphatic hydroxyl groups is 2. The summed E-state index contributed by atoms with van der Waals surface area (Å²) in [6, 6.07) is 11.7. The molecule has 1 saturated heterocycles. The highest BCUT2D eigenvalue weighted by Crippen LogP contribution is 2.61. The summed E-state index contributed by atoms with van der Waals surface area (Å²) in [4.78, 5) is 15.4. The number of nitrogen functional groups attached to an aromatic ring is 1. The SMILES string of the molecule is COc1ccc(OSP(=O)(OC[C@@]2(C(F)F)O[C@@H](n3cc(F)c(N)nc3=O)[C@H](O)[C@@H]2O)Oc2ccc(OC)cc2)cc1. The summed E-state index contributed by atoms with van der Waals surface area (Å²) in [6.07, 6.45) is -9.77. The summed E-state index contributed by atoms with van der Waals surface area (Å²) in [5.74, 6) is -0.930. The molecular weight excluding hydrogens is 610 g/mol. The molecule has 228 valence electrons. The Kier molecular flexibility index (Phi) is 9.60. The lowest BCUT2D eigenvalue weighted by Gasteiger charge is -2.31. The maximum Gasteiger partial charge on any atom is 0.478 e. The van der Waals surface area contributed by atoms with E-state index >= 15 is 0 Å². The van der Waals surface area contributed by atoms with Crippen molar-refractivity contribution in [2.45, 2.75) is 30.5 Å². The van der Waals surface area contributed by atoms with Crippen molar-refractivity contribution < 1.29 is 55.4 Å². The minimum absolute atomic E-state index is 0.0307. The largest absolute Gasteiger partial charge is 0.497 e. The molecule has 2 aromatic carbocycles. The molecule has 1 aromatic heterocycles. The van der Waals surface area contributed by atoms with E-state index < -0.39 is 61.2 Å². The molecule has 5 atom stereocenters. The van der Waals surface area contributed by atoms with E-state index in [1.165, 1.54) is 50.6 Å². The second kappa shape index (κ2) is 12.8. The number of aliphatic hydroxyl groups excluding tert-OH is 2. The van der Waals surface area contributed by atoms with E-state index in [9.17, 15) is 32.7 Å². The number of ether oxygens (including phenoxy) is 3. The molecule has 0 saturated carbocycles. The number of hydrogen-bond acceptors (Lipinski definition) is 13. The highest BCUT2D eigenvalue weighted by atomic mass is 32.7. The lowest BCUT2D eigenvalue weighted by Crippen LogP contribution is -2.52. The summed E-state index contributed by atoms with van der Waals surface area (Å²) in [5, 5.41) is 21.2. The van der Waals surface area contributed by atoms with Crippen molar-refractivity contribution in [3.05, 3.63) is 71.0 Å². The molecule has 1 aliphatic heterocycles. The highest BCUT2D eigenvalue weighted by Gasteiger charge is 2.62. The van der Waals surface area contributed by atoms with Crippen LogP contribution in [0.3, 0.4) is 0 Å². The average molecular weight is 636 g/mol. The molecule has 0 radical (unpaired) electrons. The molecule has 0 spiro atoms. The third-order valence-corrected chi connectivity index (χ3v) is 8.68. The molecular formula is C24H25F3N3O10PS. The molecule has 4 rings (SSSR count). The summed E-state index contributed by atoms with van der Waals surface area (Å²) < 4.78 is 88.8. The first-order valence-corrected chi connectivity index (χ1v) is 14.7. The monoisotopic (exact) mass is 635 g/mol. The molecule has 0 amide bonds. The molecule has 1 unspecified atom stereocenters. The topological polar surface area (TPSA) is 174 Å². The number of hydrogen-bond donors (Lipinski definition) is 3. The van der Waals surface area contributed by atoms with Crippen LogP contribution in [0, 0.1) is 5.82 Å². The maximum atomic E-state index is 14.5. The van der Waals surface area contributed by atoms with Crippen LogP contribution >= 0.6 is 18.5 Å². The Morgan fingerprint density at radius 1 is 1.07 bits per heavy atom. The second-order valence-electron chi connectivity index (χ2n) is 8.68. The Bertz CT molecular complexity index is 1480. The minimum Gasteiger partial charge on any atom is -0.497 e. The van der Waals surface area contributed by atoms with Gasteiger partial charge in [0.25, 0.3) is 6.43 Å². The van der Waals surface area contributed by atoms with Crippen LogP contribution in [-0.2, 0) is 13.8 Å². The predicted molar refractivity (Wildman–Crippen MR) is 142 cm³/mol. The zero-order valence-electron chi connectivity index (χ0n) is 21.8. The number of benzene rings is 2. The number of aromatic nitrogens is 2. The first-order valence-electron chi connectivity index (χ1n) is 11.9. The van der Waals surface area contributed by atoms with Crippen molar-refractivity contribution in [1.29, 1.82) is 0 Å². The van der Waals surface area contributed by atoms with Gasteiger partial charge in [-0.25, -0.2) is 22.5 Å². The van der Waals surface area contributed by atoms with Gasteiger partial charge in [-0.1, -0.05) is 0 Å². The van der Waals surface area contributed by atoms with Gasteiger partial charge in [0.15, 0.2) is 35.1 Å². The van der Waals surface area contributed by atoms with Crippen molar-refractivity contribution in [1.82, 2.24) is 9.55 Å². The van der Waals surface area contributed by atoms with Gasteiger partial charge in [0.2, 0.25) is 0 Å². The molecule has 13 nitrogen and oxygen atoms in total. The Morgan fingerprint density at radius 2 is 1.62 bits per heavy atom. The maximum absolute atomic E-state index is 14.5. The fourth-order valence-corrected chi connectivity index (χ4v) is 6.09. The lowest BCUT2D eigenvalue weighted by atomic mass is 9.96. The molecule has 2 heterocycles. The molecule has 0 aliphatic carbocycles. The van der Waals surface area contributed by atoms with Gasteiger partial charge in [0.05, 0.1) is 27.0 Å². The second-order valence-corrected chi connectivity index (χ2v) is 12.1. The van der Waals surface area contributed by atoms with Crippen molar-refractivity contribution in [3.63, 3.8) is 0 Å². The van der Waals surface area contributed by atoms with Gasteiger partial charge in [0.1, 0.15) is 35.2 Å². The van der Waals surface area contributed by atoms with E-state index in [1.807, 2.05) is 0 Å². The fraction of sp³-hybridized carbons (Fsp3) is 0.333. The summed E-state index contributed by atoms with van der Waals surface area (Å²) in [6.45, 7) is -5.93. The number of nitrogens with two attached hydrogens (primary N) is 1. The molecule has 18 heteroatoms. The van der Waals surface area contributed by atoms with Gasteiger partial charge in [-0.05, 0) is 48.5 Å². The van der Waals surface area contributed by atoms with Crippen LogP contribution in [0.25, 0.3) is 0 Å². The highest BCUT2D eigenvalue weighted by molar-refractivity contribution is 8.52. The fourth-order valence-electron chi connectivity index (χ4n) is 3.76. The number of anilines is 1. The van der Waals surface area contributed by atoms with E-state index in [1.54, 1.807) is 12.1 Å². The van der Waals surface area contributed by atoms with E-state index in [0.717, 1.165) is 0 Å². The Morgan fingerprint density at radius 3 is 2.17 bits per heavy atom. The molecule has 1 fully saturated rings. The van der Waals surface area contributed by atoms with Crippen molar-refractivity contribution >= 4 is 24.3 Å². The predicted octanol–water partition coefficient (Wildman–Crippen LogP) is 3.17. The van der Waals surface area contributed by atoms with Crippen LogP contribution in [0.1, 0.15) is 6.23 Å². The Hall–Kier alpha value is -3.47. The average Bonchev–Trinajstić information content (AvgIpc) is 3.24. The van der Waals surface area contributed by atoms with Crippen LogP contribution < -0.4 is 29.6 Å². The number of rotatable bonds is 12.